The van der Waals surface area contributed by atoms with Crippen LogP contribution in [0.15, 0.2) is 35.2 Å². The summed E-state index contributed by atoms with van der Waals surface area (Å²) in [5, 5.41) is 0. The van der Waals surface area contributed by atoms with Crippen molar-refractivity contribution in [2.45, 2.75) is 38.5 Å². The molecule has 0 radical (unpaired) electrons. The molecule has 0 spiro atoms. The third-order valence-electron chi connectivity index (χ3n) is 5.65. The number of aryl methyl sites for hydroxylation is 2. The molecule has 2 heterocycles. The number of benzene rings is 1. The van der Waals surface area contributed by atoms with E-state index in [1.54, 1.807) is 39.0 Å². The van der Waals surface area contributed by atoms with Crippen LogP contribution in [0.3, 0.4) is 0 Å². The predicted molar refractivity (Wildman–Crippen MR) is 119 cm³/mol. The van der Waals surface area contributed by atoms with Crippen LogP contribution in [-0.4, -0.2) is 61.7 Å². The summed E-state index contributed by atoms with van der Waals surface area (Å²) in [6.45, 7) is 5.04. The van der Waals surface area contributed by atoms with E-state index in [-0.39, 0.29) is 35.7 Å². The van der Waals surface area contributed by atoms with Gasteiger partial charge >= 0.3 is 11.9 Å². The zero-order valence-electron chi connectivity index (χ0n) is 18.9. The van der Waals surface area contributed by atoms with Gasteiger partial charge in [0.1, 0.15) is 0 Å². The van der Waals surface area contributed by atoms with Gasteiger partial charge in [0, 0.05) is 24.5 Å². The zero-order chi connectivity index (χ0) is 24.2. The highest BCUT2D eigenvalue weighted by atomic mass is 32.2. The molecule has 1 aliphatic rings. The SMILES string of the molecule is CCOC(=O)c1c(C)[nH]c(C)c1C(=O)COC(=O)C1CCN(S(=O)(=O)c2ccccc2)CC1. The van der Waals surface area contributed by atoms with Crippen LogP contribution in [0.1, 0.15) is 51.9 Å². The Kier molecular flexibility index (Phi) is 7.70. The van der Waals surface area contributed by atoms with E-state index in [9.17, 15) is 22.8 Å². The molecule has 33 heavy (non-hydrogen) atoms. The summed E-state index contributed by atoms with van der Waals surface area (Å²) >= 11 is 0. The summed E-state index contributed by atoms with van der Waals surface area (Å²) in [6, 6.07) is 8.14. The lowest BCUT2D eigenvalue weighted by atomic mass is 9.98. The Hall–Kier alpha value is -2.98. The molecule has 0 aliphatic carbocycles. The van der Waals surface area contributed by atoms with Crippen molar-refractivity contribution in [1.82, 2.24) is 9.29 Å². The summed E-state index contributed by atoms with van der Waals surface area (Å²) in [7, 11) is -3.61. The number of Topliss-reactive ketones (excluding diaryl/α,β-unsaturated/α-hetero) is 1. The van der Waals surface area contributed by atoms with Crippen LogP contribution >= 0.6 is 0 Å². The minimum absolute atomic E-state index is 0.148. The second-order valence-electron chi connectivity index (χ2n) is 7.87. The maximum atomic E-state index is 12.7. The predicted octanol–water partition coefficient (Wildman–Crippen LogP) is 2.64. The first-order valence-electron chi connectivity index (χ1n) is 10.8. The van der Waals surface area contributed by atoms with Crippen molar-refractivity contribution in [3.05, 3.63) is 52.8 Å². The molecule has 9 nitrogen and oxygen atoms in total. The zero-order valence-corrected chi connectivity index (χ0v) is 19.7. The molecule has 0 bridgehead atoms. The number of carbonyl (C=O) groups excluding carboxylic acids is 3. The molecule has 178 valence electrons. The second kappa shape index (κ2) is 10.3. The second-order valence-corrected chi connectivity index (χ2v) is 9.81. The summed E-state index contributed by atoms with van der Waals surface area (Å²) in [4.78, 5) is 40.7. The number of nitrogens with one attached hydrogen (secondary N) is 1. The Morgan fingerprint density at radius 3 is 2.21 bits per heavy atom. The Balaban J connectivity index is 1.59. The highest BCUT2D eigenvalue weighted by molar-refractivity contribution is 7.89. The molecule has 10 heteroatoms. The molecule has 1 aromatic carbocycles. The largest absolute Gasteiger partial charge is 0.462 e. The number of sulfonamides is 1. The fraction of sp³-hybridized carbons (Fsp3) is 0.435. The first kappa shape index (κ1) is 24.7. The van der Waals surface area contributed by atoms with E-state index in [4.69, 9.17) is 9.47 Å². The molecule has 1 saturated heterocycles. The number of carbonyl (C=O) groups is 3. The molecule has 1 N–H and O–H groups in total. The van der Waals surface area contributed by atoms with E-state index in [0.29, 0.717) is 24.2 Å². The molecule has 0 atom stereocenters. The van der Waals surface area contributed by atoms with Crippen LogP contribution in [0.4, 0.5) is 0 Å². The first-order chi connectivity index (χ1) is 15.7. The number of aromatic amines is 1. The summed E-state index contributed by atoms with van der Waals surface area (Å²) < 4.78 is 37.1. The molecule has 3 rings (SSSR count). The Morgan fingerprint density at radius 2 is 1.61 bits per heavy atom. The van der Waals surface area contributed by atoms with Crippen LogP contribution in [-0.2, 0) is 24.3 Å². The molecule has 2 aromatic rings. The number of esters is 2. The minimum Gasteiger partial charge on any atom is -0.462 e. The normalized spacial score (nSPS) is 15.2. The number of hydrogen-bond donors (Lipinski definition) is 1. The van der Waals surface area contributed by atoms with E-state index in [1.807, 2.05) is 0 Å². The van der Waals surface area contributed by atoms with E-state index < -0.39 is 40.3 Å². The fourth-order valence-corrected chi connectivity index (χ4v) is 5.48. The number of piperidine rings is 1. The lowest BCUT2D eigenvalue weighted by Crippen LogP contribution is -2.40. The molecule has 1 fully saturated rings. The number of aromatic nitrogens is 1. The van der Waals surface area contributed by atoms with Crippen molar-refractivity contribution in [1.29, 1.82) is 0 Å². The number of rotatable bonds is 8. The average Bonchev–Trinajstić information content (AvgIpc) is 3.11. The Morgan fingerprint density at radius 1 is 1.00 bits per heavy atom. The third-order valence-corrected chi connectivity index (χ3v) is 7.56. The van der Waals surface area contributed by atoms with Gasteiger partial charge in [0.2, 0.25) is 15.8 Å². The van der Waals surface area contributed by atoms with Crippen LogP contribution < -0.4 is 0 Å². The van der Waals surface area contributed by atoms with Crippen LogP contribution in [0.2, 0.25) is 0 Å². The molecule has 0 amide bonds. The van der Waals surface area contributed by atoms with Gasteiger partial charge < -0.3 is 14.5 Å². The van der Waals surface area contributed by atoms with Gasteiger partial charge in [-0.2, -0.15) is 4.31 Å². The number of ketones is 1. The smallest absolute Gasteiger partial charge is 0.340 e. The number of H-pyrrole nitrogens is 1. The van der Waals surface area contributed by atoms with Gasteiger partial charge in [-0.1, -0.05) is 18.2 Å². The quantitative estimate of drug-likeness (QED) is 0.459. The monoisotopic (exact) mass is 476 g/mol. The van der Waals surface area contributed by atoms with Crippen molar-refractivity contribution < 1.29 is 32.3 Å². The summed E-state index contributed by atoms with van der Waals surface area (Å²) in [5.41, 5.74) is 1.31. The highest BCUT2D eigenvalue weighted by Gasteiger charge is 2.33. The molecule has 0 unspecified atom stereocenters. The Labute approximate surface area is 193 Å². The minimum atomic E-state index is -3.61. The summed E-state index contributed by atoms with van der Waals surface area (Å²) in [6.07, 6.45) is 0.602. The number of ether oxygens (including phenoxy) is 2. The van der Waals surface area contributed by atoms with Gasteiger partial charge in [0.05, 0.1) is 28.5 Å². The van der Waals surface area contributed by atoms with Crippen molar-refractivity contribution in [2.75, 3.05) is 26.3 Å². The van der Waals surface area contributed by atoms with Crippen molar-refractivity contribution in [3.8, 4) is 0 Å². The average molecular weight is 477 g/mol. The first-order valence-corrected chi connectivity index (χ1v) is 12.2. The van der Waals surface area contributed by atoms with Crippen molar-refractivity contribution >= 4 is 27.7 Å². The van der Waals surface area contributed by atoms with E-state index in [0.717, 1.165) is 0 Å². The van der Waals surface area contributed by atoms with E-state index in [2.05, 4.69) is 4.98 Å². The summed E-state index contributed by atoms with van der Waals surface area (Å²) in [5.74, 6) is -2.17. The molecule has 0 saturated carbocycles. The fourth-order valence-electron chi connectivity index (χ4n) is 3.99. The van der Waals surface area contributed by atoms with Crippen LogP contribution in [0.25, 0.3) is 0 Å². The molecular formula is C23H28N2O7S. The van der Waals surface area contributed by atoms with Gasteiger partial charge in [-0.25, -0.2) is 13.2 Å². The van der Waals surface area contributed by atoms with Gasteiger partial charge in [0.25, 0.3) is 0 Å². The third kappa shape index (κ3) is 5.33. The van der Waals surface area contributed by atoms with Crippen LogP contribution in [0, 0.1) is 19.8 Å². The highest BCUT2D eigenvalue weighted by Crippen LogP contribution is 2.25. The number of hydrogen-bond acceptors (Lipinski definition) is 7. The van der Waals surface area contributed by atoms with Gasteiger partial charge in [-0.15, -0.1) is 0 Å². The maximum Gasteiger partial charge on any atom is 0.340 e. The van der Waals surface area contributed by atoms with E-state index >= 15 is 0 Å². The lowest BCUT2D eigenvalue weighted by Gasteiger charge is -2.30. The number of nitrogens with zero attached hydrogens (tertiary/aromatic N) is 1. The maximum absolute atomic E-state index is 12.7. The lowest BCUT2D eigenvalue weighted by molar-refractivity contribution is -0.148. The van der Waals surface area contributed by atoms with Gasteiger partial charge in [0.15, 0.2) is 6.61 Å². The van der Waals surface area contributed by atoms with Crippen molar-refractivity contribution in [2.24, 2.45) is 5.92 Å². The van der Waals surface area contributed by atoms with E-state index in [1.165, 1.54) is 16.4 Å². The van der Waals surface area contributed by atoms with Crippen LogP contribution in [0.5, 0.6) is 0 Å². The van der Waals surface area contributed by atoms with Gasteiger partial charge in [-0.3, -0.25) is 9.59 Å². The molecular weight excluding hydrogens is 448 g/mol. The Bertz CT molecular complexity index is 1130. The molecule has 1 aliphatic heterocycles. The van der Waals surface area contributed by atoms with Gasteiger partial charge in [-0.05, 0) is 45.7 Å². The van der Waals surface area contributed by atoms with Crippen molar-refractivity contribution in [3.63, 3.8) is 0 Å². The standard InChI is InChI=1S/C23H28N2O7S/c1-4-31-23(28)21-16(3)24-15(2)20(21)19(26)14-32-22(27)17-10-12-25(13-11-17)33(29,30)18-8-6-5-7-9-18/h5-9,17,24H,4,10-14H2,1-3H3. The molecule has 1 aromatic heterocycles. The topological polar surface area (TPSA) is 123 Å².